The molecule has 4 N–H and O–H groups in total. The van der Waals surface area contributed by atoms with Crippen LogP contribution in [0, 0.1) is 5.92 Å². The molecule has 0 spiro atoms. The number of hydrogen-bond acceptors (Lipinski definition) is 3. The molecule has 0 aromatic rings. The Kier molecular flexibility index (Phi) is 5.66. The van der Waals surface area contributed by atoms with Crippen LogP contribution in [0.4, 0.5) is 0 Å². The molecule has 2 atom stereocenters. The van der Waals surface area contributed by atoms with E-state index in [4.69, 9.17) is 10.8 Å². The van der Waals surface area contributed by atoms with Crippen molar-refractivity contribution in [2.45, 2.75) is 26.3 Å². The molecule has 0 aromatic carbocycles. The first-order valence-electron chi connectivity index (χ1n) is 4.23. The summed E-state index contributed by atoms with van der Waals surface area (Å²) in [6, 6.07) is 0.0245. The second-order valence-corrected chi connectivity index (χ2v) is 3.06. The van der Waals surface area contributed by atoms with E-state index in [9.17, 15) is 4.79 Å². The van der Waals surface area contributed by atoms with Crippen LogP contribution in [0.15, 0.2) is 0 Å². The summed E-state index contributed by atoms with van der Waals surface area (Å²) in [6.07, 6.45) is 0.586. The van der Waals surface area contributed by atoms with E-state index >= 15 is 0 Å². The summed E-state index contributed by atoms with van der Waals surface area (Å²) < 4.78 is 0. The number of carbonyl (C=O) groups is 1. The molecule has 0 aliphatic rings. The van der Waals surface area contributed by atoms with Gasteiger partial charge in [-0.2, -0.15) is 0 Å². The lowest BCUT2D eigenvalue weighted by Gasteiger charge is -2.15. The van der Waals surface area contributed by atoms with Crippen LogP contribution in [0.5, 0.6) is 0 Å². The third kappa shape index (κ3) is 4.31. The molecule has 0 aliphatic carbocycles. The standard InChI is InChI=1S/C8H18N2O2/c1-6(5-9)8(12)10-7(2)3-4-11/h6-7,11H,3-5,9H2,1-2H3,(H,10,12). The van der Waals surface area contributed by atoms with Crippen molar-refractivity contribution in [1.29, 1.82) is 0 Å². The van der Waals surface area contributed by atoms with Crippen LogP contribution >= 0.6 is 0 Å². The fraction of sp³-hybridized carbons (Fsp3) is 0.875. The van der Waals surface area contributed by atoms with Crippen LogP contribution in [-0.2, 0) is 4.79 Å². The van der Waals surface area contributed by atoms with Crippen molar-refractivity contribution >= 4 is 5.91 Å². The molecule has 12 heavy (non-hydrogen) atoms. The van der Waals surface area contributed by atoms with Gasteiger partial charge in [-0.05, 0) is 13.3 Å². The highest BCUT2D eigenvalue weighted by Gasteiger charge is 2.12. The maximum atomic E-state index is 11.2. The van der Waals surface area contributed by atoms with E-state index in [1.165, 1.54) is 0 Å². The van der Waals surface area contributed by atoms with Crippen LogP contribution in [0.2, 0.25) is 0 Å². The minimum absolute atomic E-state index is 0.0245. The highest BCUT2D eigenvalue weighted by Crippen LogP contribution is 1.94. The quantitative estimate of drug-likeness (QED) is 0.524. The molecule has 0 saturated carbocycles. The normalized spacial score (nSPS) is 15.3. The van der Waals surface area contributed by atoms with Gasteiger partial charge < -0.3 is 16.2 Å². The zero-order chi connectivity index (χ0) is 9.56. The van der Waals surface area contributed by atoms with E-state index in [-0.39, 0.29) is 24.5 Å². The van der Waals surface area contributed by atoms with E-state index in [0.29, 0.717) is 13.0 Å². The van der Waals surface area contributed by atoms with Crippen LogP contribution < -0.4 is 11.1 Å². The first-order valence-corrected chi connectivity index (χ1v) is 4.23. The highest BCUT2D eigenvalue weighted by atomic mass is 16.3. The maximum absolute atomic E-state index is 11.2. The monoisotopic (exact) mass is 174 g/mol. The summed E-state index contributed by atoms with van der Waals surface area (Å²) in [5.74, 6) is -0.190. The van der Waals surface area contributed by atoms with Gasteiger partial charge in [0.2, 0.25) is 5.91 Å². The molecule has 0 rings (SSSR count). The first kappa shape index (κ1) is 11.4. The third-order valence-electron chi connectivity index (χ3n) is 1.75. The molecule has 0 saturated heterocycles. The predicted molar refractivity (Wildman–Crippen MR) is 47.5 cm³/mol. The molecule has 1 amide bonds. The number of aliphatic hydroxyl groups excluding tert-OH is 1. The average Bonchev–Trinajstić information content (AvgIpc) is 2.03. The molecule has 4 nitrogen and oxygen atoms in total. The minimum atomic E-state index is -0.147. The molecule has 0 fully saturated rings. The molecule has 0 heterocycles. The van der Waals surface area contributed by atoms with Crippen LogP contribution in [0.3, 0.4) is 0 Å². The molecular formula is C8H18N2O2. The SMILES string of the molecule is CC(CCO)NC(=O)C(C)CN. The van der Waals surface area contributed by atoms with E-state index in [1.54, 1.807) is 6.92 Å². The van der Waals surface area contributed by atoms with Crippen molar-refractivity contribution in [2.75, 3.05) is 13.2 Å². The van der Waals surface area contributed by atoms with Crippen molar-refractivity contribution in [3.63, 3.8) is 0 Å². The van der Waals surface area contributed by atoms with Crippen LogP contribution in [0.25, 0.3) is 0 Å². The smallest absolute Gasteiger partial charge is 0.224 e. The third-order valence-corrected chi connectivity index (χ3v) is 1.75. The van der Waals surface area contributed by atoms with Crippen molar-refractivity contribution in [3.8, 4) is 0 Å². The van der Waals surface area contributed by atoms with Gasteiger partial charge in [0.25, 0.3) is 0 Å². The Morgan fingerprint density at radius 3 is 2.58 bits per heavy atom. The van der Waals surface area contributed by atoms with Crippen molar-refractivity contribution in [1.82, 2.24) is 5.32 Å². The topological polar surface area (TPSA) is 75.3 Å². The summed E-state index contributed by atoms with van der Waals surface area (Å²) >= 11 is 0. The maximum Gasteiger partial charge on any atom is 0.224 e. The van der Waals surface area contributed by atoms with Gasteiger partial charge in [0.15, 0.2) is 0 Å². The number of hydrogen-bond donors (Lipinski definition) is 3. The number of amides is 1. The predicted octanol–water partition coefficient (Wildman–Crippen LogP) is -0.532. The van der Waals surface area contributed by atoms with Gasteiger partial charge in [0, 0.05) is 25.1 Å². The molecule has 4 heteroatoms. The molecule has 0 aromatic heterocycles. The lowest BCUT2D eigenvalue weighted by atomic mass is 10.1. The second-order valence-electron chi connectivity index (χ2n) is 3.06. The van der Waals surface area contributed by atoms with E-state index < -0.39 is 0 Å². The van der Waals surface area contributed by atoms with E-state index in [2.05, 4.69) is 5.32 Å². The highest BCUT2D eigenvalue weighted by molar-refractivity contribution is 5.78. The molecule has 0 bridgehead atoms. The Hall–Kier alpha value is -0.610. The van der Waals surface area contributed by atoms with Crippen LogP contribution in [0.1, 0.15) is 20.3 Å². The van der Waals surface area contributed by atoms with Crippen molar-refractivity contribution in [2.24, 2.45) is 11.7 Å². The number of rotatable bonds is 5. The molecule has 0 radical (unpaired) electrons. The summed E-state index contributed by atoms with van der Waals surface area (Å²) in [5, 5.41) is 11.3. The average molecular weight is 174 g/mol. The Bertz CT molecular complexity index is 139. The van der Waals surface area contributed by atoms with Gasteiger partial charge in [-0.25, -0.2) is 0 Å². The van der Waals surface area contributed by atoms with Crippen molar-refractivity contribution < 1.29 is 9.90 Å². The Labute approximate surface area is 73.1 Å². The Balaban J connectivity index is 3.67. The Morgan fingerprint density at radius 2 is 2.17 bits per heavy atom. The number of nitrogens with one attached hydrogen (secondary N) is 1. The van der Waals surface area contributed by atoms with Gasteiger partial charge in [-0.3, -0.25) is 4.79 Å². The fourth-order valence-electron chi connectivity index (χ4n) is 0.758. The van der Waals surface area contributed by atoms with Gasteiger partial charge in [0.05, 0.1) is 0 Å². The number of aliphatic hydroxyl groups is 1. The first-order chi connectivity index (χ1) is 5.61. The summed E-state index contributed by atoms with van der Waals surface area (Å²) in [4.78, 5) is 11.2. The molecule has 0 aliphatic heterocycles. The fourth-order valence-corrected chi connectivity index (χ4v) is 0.758. The molecule has 72 valence electrons. The Morgan fingerprint density at radius 1 is 1.58 bits per heavy atom. The molecular weight excluding hydrogens is 156 g/mol. The zero-order valence-electron chi connectivity index (χ0n) is 7.71. The van der Waals surface area contributed by atoms with Crippen molar-refractivity contribution in [3.05, 3.63) is 0 Å². The minimum Gasteiger partial charge on any atom is -0.396 e. The number of carbonyl (C=O) groups excluding carboxylic acids is 1. The summed E-state index contributed by atoms with van der Waals surface area (Å²) in [7, 11) is 0. The van der Waals surface area contributed by atoms with Gasteiger partial charge >= 0.3 is 0 Å². The number of nitrogens with two attached hydrogens (primary N) is 1. The van der Waals surface area contributed by atoms with Gasteiger partial charge in [-0.15, -0.1) is 0 Å². The van der Waals surface area contributed by atoms with E-state index in [0.717, 1.165) is 0 Å². The summed E-state index contributed by atoms with van der Waals surface area (Å²) in [6.45, 7) is 4.09. The lowest BCUT2D eigenvalue weighted by Crippen LogP contribution is -2.39. The van der Waals surface area contributed by atoms with Gasteiger partial charge in [0.1, 0.15) is 0 Å². The largest absolute Gasteiger partial charge is 0.396 e. The molecule has 2 unspecified atom stereocenters. The summed E-state index contributed by atoms with van der Waals surface area (Å²) in [5.41, 5.74) is 5.31. The lowest BCUT2D eigenvalue weighted by molar-refractivity contribution is -0.124. The second kappa shape index (κ2) is 5.97. The van der Waals surface area contributed by atoms with E-state index in [1.807, 2.05) is 6.92 Å². The van der Waals surface area contributed by atoms with Gasteiger partial charge in [-0.1, -0.05) is 6.92 Å². The zero-order valence-corrected chi connectivity index (χ0v) is 7.71. The van der Waals surface area contributed by atoms with Crippen LogP contribution in [-0.4, -0.2) is 30.2 Å².